The van der Waals surface area contributed by atoms with E-state index in [0.29, 0.717) is 11.1 Å². The molecular weight excluding hydrogens is 326 g/mol. The second-order valence-electron chi connectivity index (χ2n) is 5.91. The zero-order valence-electron chi connectivity index (χ0n) is 14.3. The molecule has 1 aromatic heterocycles. The molecule has 0 saturated carbocycles. The van der Waals surface area contributed by atoms with E-state index in [1.807, 2.05) is 37.3 Å². The van der Waals surface area contributed by atoms with Gasteiger partial charge in [-0.2, -0.15) is 0 Å². The number of nitrogens with one attached hydrogen (secondary N) is 1. The Morgan fingerprint density at radius 1 is 0.962 bits per heavy atom. The third-order valence-electron chi connectivity index (χ3n) is 4.21. The third kappa shape index (κ3) is 3.62. The molecule has 3 N–H and O–H groups in total. The number of nitrogens with two attached hydrogens (primary N) is 1. The van der Waals surface area contributed by atoms with Crippen LogP contribution in [0.3, 0.4) is 0 Å². The summed E-state index contributed by atoms with van der Waals surface area (Å²) < 4.78 is 0. The lowest BCUT2D eigenvalue weighted by atomic mass is 9.98. The molecule has 2 amide bonds. The molecule has 0 spiro atoms. The number of carbonyl (C=O) groups excluding carboxylic acids is 2. The smallest absolute Gasteiger partial charge is 0.252 e. The lowest BCUT2D eigenvalue weighted by Gasteiger charge is -2.17. The quantitative estimate of drug-likeness (QED) is 0.745. The second-order valence-corrected chi connectivity index (χ2v) is 5.91. The van der Waals surface area contributed by atoms with Gasteiger partial charge in [0, 0.05) is 17.3 Å². The van der Waals surface area contributed by atoms with E-state index in [-0.39, 0.29) is 5.91 Å². The van der Waals surface area contributed by atoms with Crippen LogP contribution < -0.4 is 11.1 Å². The Hall–Kier alpha value is -3.47. The van der Waals surface area contributed by atoms with Crippen LogP contribution in [-0.2, 0) is 4.79 Å². The fraction of sp³-hybridized carbons (Fsp3) is 0.0952. The van der Waals surface area contributed by atoms with Gasteiger partial charge in [-0.3, -0.25) is 14.6 Å². The number of hydrogen-bond donors (Lipinski definition) is 2. The molecule has 2 aromatic carbocycles. The number of rotatable bonds is 5. The summed E-state index contributed by atoms with van der Waals surface area (Å²) in [7, 11) is 0. The maximum absolute atomic E-state index is 12.8. The fourth-order valence-corrected chi connectivity index (χ4v) is 2.85. The minimum atomic E-state index is -0.887. The van der Waals surface area contributed by atoms with Crippen LogP contribution in [0.2, 0.25) is 0 Å². The molecule has 0 saturated heterocycles. The molecule has 1 atom stereocenters. The summed E-state index contributed by atoms with van der Waals surface area (Å²) in [5.41, 5.74) is 9.06. The van der Waals surface area contributed by atoms with Crippen LogP contribution in [0.1, 0.15) is 27.5 Å². The Kier molecular flexibility index (Phi) is 5.08. The largest absolute Gasteiger partial charge is 0.368 e. The van der Waals surface area contributed by atoms with Gasteiger partial charge in [0.2, 0.25) is 5.91 Å². The molecule has 3 aromatic rings. The van der Waals surface area contributed by atoms with Crippen molar-refractivity contribution in [3.63, 3.8) is 0 Å². The monoisotopic (exact) mass is 345 g/mol. The number of pyridine rings is 1. The number of aromatic nitrogens is 1. The summed E-state index contributed by atoms with van der Waals surface area (Å²) in [6.45, 7) is 1.86. The first-order valence-electron chi connectivity index (χ1n) is 8.24. The molecule has 5 nitrogen and oxygen atoms in total. The molecule has 0 aliphatic heterocycles. The predicted octanol–water partition coefficient (Wildman–Crippen LogP) is 3.01. The number of primary amides is 1. The summed E-state index contributed by atoms with van der Waals surface area (Å²) in [4.78, 5) is 29.0. The number of carbonyl (C=O) groups is 2. The number of nitrogens with zero attached hydrogens (tertiary/aromatic N) is 1. The highest BCUT2D eigenvalue weighted by molar-refractivity contribution is 6.00. The molecule has 0 unspecified atom stereocenters. The molecule has 130 valence electrons. The van der Waals surface area contributed by atoms with E-state index in [4.69, 9.17) is 5.73 Å². The number of hydrogen-bond acceptors (Lipinski definition) is 3. The van der Waals surface area contributed by atoms with E-state index in [9.17, 15) is 9.59 Å². The van der Waals surface area contributed by atoms with Gasteiger partial charge in [0.15, 0.2) is 0 Å². The fourth-order valence-electron chi connectivity index (χ4n) is 2.85. The van der Waals surface area contributed by atoms with Gasteiger partial charge in [-0.25, -0.2) is 0 Å². The molecule has 26 heavy (non-hydrogen) atoms. The molecule has 1 heterocycles. The van der Waals surface area contributed by atoms with Crippen molar-refractivity contribution in [2.75, 3.05) is 0 Å². The zero-order valence-corrected chi connectivity index (χ0v) is 14.3. The van der Waals surface area contributed by atoms with Gasteiger partial charge in [-0.05, 0) is 36.2 Å². The first-order chi connectivity index (χ1) is 12.6. The van der Waals surface area contributed by atoms with Crippen LogP contribution >= 0.6 is 0 Å². The predicted molar refractivity (Wildman–Crippen MR) is 100 cm³/mol. The van der Waals surface area contributed by atoms with Crippen molar-refractivity contribution in [3.8, 4) is 11.3 Å². The van der Waals surface area contributed by atoms with E-state index in [1.165, 1.54) is 0 Å². The Morgan fingerprint density at radius 2 is 1.69 bits per heavy atom. The minimum absolute atomic E-state index is 0.354. The first-order valence-corrected chi connectivity index (χ1v) is 8.24. The van der Waals surface area contributed by atoms with Crippen LogP contribution in [0.4, 0.5) is 0 Å². The van der Waals surface area contributed by atoms with Crippen molar-refractivity contribution in [2.45, 2.75) is 13.0 Å². The molecule has 0 bridgehead atoms. The lowest BCUT2D eigenvalue weighted by molar-refractivity contribution is -0.120. The number of amides is 2. The molecule has 5 heteroatoms. The van der Waals surface area contributed by atoms with E-state index in [1.54, 1.807) is 42.6 Å². The summed E-state index contributed by atoms with van der Waals surface area (Å²) >= 11 is 0. The van der Waals surface area contributed by atoms with Crippen LogP contribution in [-0.4, -0.2) is 16.8 Å². The lowest BCUT2D eigenvalue weighted by Crippen LogP contribution is -2.37. The van der Waals surface area contributed by atoms with Crippen LogP contribution in [0, 0.1) is 6.92 Å². The van der Waals surface area contributed by atoms with E-state index < -0.39 is 11.9 Å². The maximum atomic E-state index is 12.8. The molecule has 3 rings (SSSR count). The SMILES string of the molecule is Cc1c(C(=O)N[C@H](C(N)=O)c2ccccc2)cccc1-c1ccccn1. The van der Waals surface area contributed by atoms with Crippen molar-refractivity contribution in [2.24, 2.45) is 5.73 Å². The second kappa shape index (κ2) is 7.61. The molecule has 0 radical (unpaired) electrons. The Bertz CT molecular complexity index is 925. The minimum Gasteiger partial charge on any atom is -0.368 e. The average molecular weight is 345 g/mol. The van der Waals surface area contributed by atoms with Crippen LogP contribution in [0.5, 0.6) is 0 Å². The topological polar surface area (TPSA) is 85.1 Å². The summed E-state index contributed by atoms with van der Waals surface area (Å²) in [5, 5.41) is 2.73. The van der Waals surface area contributed by atoms with Gasteiger partial charge >= 0.3 is 0 Å². The van der Waals surface area contributed by atoms with Gasteiger partial charge in [-0.15, -0.1) is 0 Å². The van der Waals surface area contributed by atoms with Crippen LogP contribution in [0.15, 0.2) is 72.9 Å². The van der Waals surface area contributed by atoms with Gasteiger partial charge in [0.25, 0.3) is 5.91 Å². The van der Waals surface area contributed by atoms with E-state index >= 15 is 0 Å². The Balaban J connectivity index is 1.92. The summed E-state index contributed by atoms with van der Waals surface area (Å²) in [5.74, 6) is -0.962. The van der Waals surface area contributed by atoms with Crippen molar-refractivity contribution in [3.05, 3.63) is 89.6 Å². The van der Waals surface area contributed by atoms with E-state index in [0.717, 1.165) is 16.8 Å². The van der Waals surface area contributed by atoms with Gasteiger partial charge < -0.3 is 11.1 Å². The van der Waals surface area contributed by atoms with Crippen LogP contribution in [0.25, 0.3) is 11.3 Å². The number of benzene rings is 2. The van der Waals surface area contributed by atoms with Crippen molar-refractivity contribution >= 4 is 11.8 Å². The normalized spacial score (nSPS) is 11.6. The van der Waals surface area contributed by atoms with Gasteiger partial charge in [-0.1, -0.05) is 48.5 Å². The molecule has 0 aliphatic rings. The standard InChI is InChI=1S/C21H19N3O2/c1-14-16(18-12-5-6-13-23-18)10-7-11-17(14)21(26)24-19(20(22)25)15-8-3-2-4-9-15/h2-13,19H,1H3,(H2,22,25)(H,24,26)/t19-/m0/s1. The average Bonchev–Trinajstić information content (AvgIpc) is 2.67. The molecule has 0 fully saturated rings. The first kappa shape index (κ1) is 17.4. The van der Waals surface area contributed by atoms with Gasteiger partial charge in [0.05, 0.1) is 5.69 Å². The Labute approximate surface area is 151 Å². The maximum Gasteiger partial charge on any atom is 0.252 e. The van der Waals surface area contributed by atoms with Gasteiger partial charge in [0.1, 0.15) is 6.04 Å². The van der Waals surface area contributed by atoms with E-state index in [2.05, 4.69) is 10.3 Å². The van der Waals surface area contributed by atoms with Crippen molar-refractivity contribution in [1.82, 2.24) is 10.3 Å². The zero-order chi connectivity index (χ0) is 18.5. The molecule has 0 aliphatic carbocycles. The molecular formula is C21H19N3O2. The highest BCUT2D eigenvalue weighted by atomic mass is 16.2. The summed E-state index contributed by atoms with van der Waals surface area (Å²) in [6.07, 6.45) is 1.71. The third-order valence-corrected chi connectivity index (χ3v) is 4.21. The Morgan fingerprint density at radius 3 is 2.35 bits per heavy atom. The van der Waals surface area contributed by atoms with Crippen molar-refractivity contribution in [1.29, 1.82) is 0 Å². The highest BCUT2D eigenvalue weighted by Gasteiger charge is 2.22. The van der Waals surface area contributed by atoms with Crippen molar-refractivity contribution < 1.29 is 9.59 Å². The highest BCUT2D eigenvalue weighted by Crippen LogP contribution is 2.24. The summed E-state index contributed by atoms with van der Waals surface area (Å²) in [6, 6.07) is 19.1.